The molecule has 1 rings (SSSR count). The largest absolute Gasteiger partial charge is 0.300 e. The molecule has 0 spiro atoms. The van der Waals surface area contributed by atoms with Gasteiger partial charge in [0.15, 0.2) is 0 Å². The van der Waals surface area contributed by atoms with Gasteiger partial charge in [-0.3, -0.25) is 5.32 Å². The number of halogens is 1. The van der Waals surface area contributed by atoms with Crippen LogP contribution in [0.2, 0.25) is 5.02 Å². The third kappa shape index (κ3) is 5.45. The summed E-state index contributed by atoms with van der Waals surface area (Å²) < 4.78 is 0. The number of nitrogens with zero attached hydrogens (tertiary/aromatic N) is 1. The molecule has 0 saturated carbocycles. The van der Waals surface area contributed by atoms with Crippen molar-refractivity contribution < 1.29 is 0 Å². The molecule has 0 amide bonds. The first-order valence-corrected chi connectivity index (χ1v) is 7.03. The highest BCUT2D eigenvalue weighted by Gasteiger charge is 2.08. The van der Waals surface area contributed by atoms with Crippen molar-refractivity contribution in [3.05, 3.63) is 29.3 Å². The third-order valence-electron chi connectivity index (χ3n) is 2.19. The quantitative estimate of drug-likeness (QED) is 0.799. The zero-order valence-electron chi connectivity index (χ0n) is 10.1. The van der Waals surface area contributed by atoms with Crippen molar-refractivity contribution in [1.82, 2.24) is 5.32 Å². The maximum Gasteiger partial charge on any atom is 0.0962 e. The van der Waals surface area contributed by atoms with E-state index in [0.717, 1.165) is 22.1 Å². The number of benzene rings is 1. The van der Waals surface area contributed by atoms with Gasteiger partial charge in [-0.25, -0.2) is 0 Å². The SMILES string of the molecule is CC(C)NC(C#N)CCSc1ccccc1Cl. The molecule has 1 unspecified atom stereocenters. The normalized spacial score (nSPS) is 12.4. The van der Waals surface area contributed by atoms with E-state index < -0.39 is 0 Å². The average molecular weight is 269 g/mol. The molecular formula is C13H17ClN2S. The van der Waals surface area contributed by atoms with Gasteiger partial charge in [0.25, 0.3) is 0 Å². The van der Waals surface area contributed by atoms with Crippen LogP contribution in [-0.2, 0) is 0 Å². The number of thioether (sulfide) groups is 1. The predicted octanol–water partition coefficient (Wildman–Crippen LogP) is 3.71. The minimum Gasteiger partial charge on any atom is -0.300 e. The second-order valence-electron chi connectivity index (χ2n) is 4.07. The van der Waals surface area contributed by atoms with Gasteiger partial charge in [-0.2, -0.15) is 5.26 Å². The fourth-order valence-electron chi connectivity index (χ4n) is 1.44. The molecule has 4 heteroatoms. The van der Waals surface area contributed by atoms with Crippen LogP contribution < -0.4 is 5.32 Å². The Balaban J connectivity index is 2.37. The topological polar surface area (TPSA) is 35.8 Å². The summed E-state index contributed by atoms with van der Waals surface area (Å²) >= 11 is 7.75. The molecular weight excluding hydrogens is 252 g/mol. The Hall–Kier alpha value is -0.690. The van der Waals surface area contributed by atoms with E-state index in [1.165, 1.54) is 0 Å². The van der Waals surface area contributed by atoms with Gasteiger partial charge in [0.1, 0.15) is 0 Å². The smallest absolute Gasteiger partial charge is 0.0962 e. The van der Waals surface area contributed by atoms with E-state index in [-0.39, 0.29) is 6.04 Å². The highest BCUT2D eigenvalue weighted by Crippen LogP contribution is 2.27. The lowest BCUT2D eigenvalue weighted by molar-refractivity contribution is 0.522. The molecule has 0 fully saturated rings. The predicted molar refractivity (Wildman–Crippen MR) is 74.5 cm³/mol. The third-order valence-corrected chi connectivity index (χ3v) is 3.74. The van der Waals surface area contributed by atoms with Crippen LogP contribution in [0, 0.1) is 11.3 Å². The number of nitrogens with one attached hydrogen (secondary N) is 1. The summed E-state index contributed by atoms with van der Waals surface area (Å²) in [5.74, 6) is 0.891. The van der Waals surface area contributed by atoms with Gasteiger partial charge in [-0.15, -0.1) is 11.8 Å². The Bertz CT molecular complexity index is 387. The van der Waals surface area contributed by atoms with Gasteiger partial charge in [0.2, 0.25) is 0 Å². The van der Waals surface area contributed by atoms with Crippen molar-refractivity contribution in [3.8, 4) is 6.07 Å². The molecule has 1 aromatic carbocycles. The highest BCUT2D eigenvalue weighted by atomic mass is 35.5. The van der Waals surface area contributed by atoms with Crippen molar-refractivity contribution in [1.29, 1.82) is 5.26 Å². The summed E-state index contributed by atoms with van der Waals surface area (Å²) in [6.45, 7) is 4.09. The van der Waals surface area contributed by atoms with Crippen LogP contribution >= 0.6 is 23.4 Å². The standard InChI is InChI=1S/C13H17ClN2S/c1-10(2)16-11(9-15)7-8-17-13-6-4-3-5-12(13)14/h3-6,10-11,16H,7-8H2,1-2H3. The fourth-order valence-corrected chi connectivity index (χ4v) is 2.69. The first kappa shape index (κ1) is 14.4. The van der Waals surface area contributed by atoms with Crippen LogP contribution in [0.25, 0.3) is 0 Å². The Morgan fingerprint density at radius 1 is 1.41 bits per heavy atom. The Morgan fingerprint density at radius 2 is 2.12 bits per heavy atom. The van der Waals surface area contributed by atoms with E-state index in [1.54, 1.807) is 11.8 Å². The lowest BCUT2D eigenvalue weighted by Crippen LogP contribution is -2.33. The van der Waals surface area contributed by atoms with Crippen molar-refractivity contribution in [2.75, 3.05) is 5.75 Å². The molecule has 1 aromatic rings. The van der Waals surface area contributed by atoms with Crippen LogP contribution in [0.5, 0.6) is 0 Å². The van der Waals surface area contributed by atoms with E-state index in [1.807, 2.05) is 38.1 Å². The molecule has 2 nitrogen and oxygen atoms in total. The maximum absolute atomic E-state index is 8.98. The van der Waals surface area contributed by atoms with Crippen LogP contribution in [0.15, 0.2) is 29.2 Å². The molecule has 92 valence electrons. The molecule has 0 aromatic heterocycles. The molecule has 0 aliphatic rings. The zero-order chi connectivity index (χ0) is 12.7. The second-order valence-corrected chi connectivity index (χ2v) is 5.61. The monoisotopic (exact) mass is 268 g/mol. The molecule has 0 radical (unpaired) electrons. The minimum absolute atomic E-state index is 0.0787. The van der Waals surface area contributed by atoms with E-state index in [0.29, 0.717) is 6.04 Å². The molecule has 1 atom stereocenters. The van der Waals surface area contributed by atoms with Gasteiger partial charge in [-0.05, 0) is 32.4 Å². The Morgan fingerprint density at radius 3 is 2.71 bits per heavy atom. The summed E-state index contributed by atoms with van der Waals surface area (Å²) in [4.78, 5) is 1.08. The maximum atomic E-state index is 8.98. The Labute approximate surface area is 112 Å². The van der Waals surface area contributed by atoms with Crippen LogP contribution in [0.1, 0.15) is 20.3 Å². The van der Waals surface area contributed by atoms with Crippen molar-refractivity contribution in [2.45, 2.75) is 37.2 Å². The Kier molecular flexibility index (Phi) is 6.43. The summed E-state index contributed by atoms with van der Waals surface area (Å²) in [6.07, 6.45) is 0.824. The van der Waals surface area contributed by atoms with E-state index in [4.69, 9.17) is 16.9 Å². The van der Waals surface area contributed by atoms with Gasteiger partial charge in [0.05, 0.1) is 17.1 Å². The molecule has 0 saturated heterocycles. The fraction of sp³-hybridized carbons (Fsp3) is 0.462. The van der Waals surface area contributed by atoms with Gasteiger partial charge < -0.3 is 0 Å². The van der Waals surface area contributed by atoms with Crippen LogP contribution in [0.3, 0.4) is 0 Å². The van der Waals surface area contributed by atoms with Gasteiger partial charge in [-0.1, -0.05) is 23.7 Å². The second kappa shape index (κ2) is 7.60. The molecule has 0 aliphatic carbocycles. The summed E-state index contributed by atoms with van der Waals surface area (Å²) in [7, 11) is 0. The van der Waals surface area contributed by atoms with Crippen LogP contribution in [-0.4, -0.2) is 17.8 Å². The minimum atomic E-state index is -0.0787. The number of rotatable bonds is 6. The first-order chi connectivity index (χ1) is 8.13. The lowest BCUT2D eigenvalue weighted by Gasteiger charge is -2.14. The highest BCUT2D eigenvalue weighted by molar-refractivity contribution is 7.99. The molecule has 1 N–H and O–H groups in total. The van der Waals surface area contributed by atoms with Crippen molar-refractivity contribution in [3.63, 3.8) is 0 Å². The molecule has 0 aliphatic heterocycles. The van der Waals surface area contributed by atoms with Crippen molar-refractivity contribution >= 4 is 23.4 Å². The molecule has 0 bridgehead atoms. The summed E-state index contributed by atoms with van der Waals surface area (Å²) in [5.41, 5.74) is 0. The van der Waals surface area contributed by atoms with Gasteiger partial charge in [0, 0.05) is 16.7 Å². The van der Waals surface area contributed by atoms with E-state index >= 15 is 0 Å². The lowest BCUT2D eigenvalue weighted by atomic mass is 10.2. The van der Waals surface area contributed by atoms with Crippen molar-refractivity contribution in [2.24, 2.45) is 0 Å². The van der Waals surface area contributed by atoms with Crippen LogP contribution in [0.4, 0.5) is 0 Å². The van der Waals surface area contributed by atoms with E-state index in [2.05, 4.69) is 11.4 Å². The number of nitriles is 1. The average Bonchev–Trinajstić information content (AvgIpc) is 2.29. The first-order valence-electron chi connectivity index (χ1n) is 5.66. The number of hydrogen-bond acceptors (Lipinski definition) is 3. The molecule has 17 heavy (non-hydrogen) atoms. The zero-order valence-corrected chi connectivity index (χ0v) is 11.7. The summed E-state index contributed by atoms with van der Waals surface area (Å²) in [5, 5.41) is 13.0. The van der Waals surface area contributed by atoms with Gasteiger partial charge >= 0.3 is 0 Å². The number of hydrogen-bond donors (Lipinski definition) is 1. The summed E-state index contributed by atoms with van der Waals surface area (Å²) in [6, 6.07) is 10.3. The molecule has 0 heterocycles. The van der Waals surface area contributed by atoms with E-state index in [9.17, 15) is 0 Å².